The van der Waals surface area contributed by atoms with Crippen LogP contribution in [0.25, 0.3) is 0 Å². The van der Waals surface area contributed by atoms with Gasteiger partial charge in [-0.1, -0.05) is 19.4 Å². The molecule has 3 unspecified atom stereocenters. The molecule has 1 saturated carbocycles. The summed E-state index contributed by atoms with van der Waals surface area (Å²) in [7, 11) is 1.25. The van der Waals surface area contributed by atoms with Crippen molar-refractivity contribution < 1.29 is 8.60 Å². The second-order valence-electron chi connectivity index (χ2n) is 7.31. The van der Waals surface area contributed by atoms with Crippen LogP contribution in [0.1, 0.15) is 46.0 Å². The van der Waals surface area contributed by atoms with Crippen LogP contribution in [0.3, 0.4) is 0 Å². The van der Waals surface area contributed by atoms with Gasteiger partial charge in [0.15, 0.2) is 5.96 Å². The van der Waals surface area contributed by atoms with Gasteiger partial charge in [0.05, 0.1) is 0 Å². The van der Waals surface area contributed by atoms with Crippen LogP contribution in [0.2, 0.25) is 0 Å². The van der Waals surface area contributed by atoms with E-state index in [1.54, 1.807) is 12.1 Å². The zero-order valence-electron chi connectivity index (χ0n) is 17.4. The van der Waals surface area contributed by atoms with E-state index >= 15 is 0 Å². The van der Waals surface area contributed by atoms with Crippen LogP contribution in [0.5, 0.6) is 0 Å². The third-order valence-electron chi connectivity index (χ3n) is 5.14. The van der Waals surface area contributed by atoms with Crippen molar-refractivity contribution in [1.29, 1.82) is 0 Å². The van der Waals surface area contributed by atoms with Gasteiger partial charge >= 0.3 is 0 Å². The molecule has 1 fully saturated rings. The Morgan fingerprint density at radius 3 is 2.89 bits per heavy atom. The summed E-state index contributed by atoms with van der Waals surface area (Å²) in [6.07, 6.45) is 5.12. The van der Waals surface area contributed by atoms with E-state index in [-0.39, 0.29) is 5.82 Å². The molecule has 1 aliphatic rings. The Bertz CT molecular complexity index is 655. The number of nitrogens with one attached hydrogen (secondary N) is 2. The van der Waals surface area contributed by atoms with E-state index in [4.69, 9.17) is 4.99 Å². The molecule has 1 aliphatic carbocycles. The zero-order valence-corrected chi connectivity index (χ0v) is 18.2. The number of halogens is 1. The fraction of sp³-hybridized carbons (Fsp3) is 0.667. The van der Waals surface area contributed by atoms with E-state index in [1.807, 2.05) is 24.9 Å². The molecular weight excluding hydrogens is 375 g/mol. The zero-order chi connectivity index (χ0) is 20.4. The maximum atomic E-state index is 13.3. The highest BCUT2D eigenvalue weighted by Crippen LogP contribution is 2.23. The molecule has 0 bridgehead atoms. The lowest BCUT2D eigenvalue weighted by atomic mass is 9.95. The molecule has 0 saturated heterocycles. The van der Waals surface area contributed by atoms with Crippen LogP contribution >= 0.6 is 0 Å². The average Bonchev–Trinajstić information content (AvgIpc) is 2.70. The summed E-state index contributed by atoms with van der Waals surface area (Å²) < 4.78 is 25.5. The van der Waals surface area contributed by atoms with Gasteiger partial charge in [-0.15, -0.1) is 0 Å². The molecule has 0 aromatic heterocycles. The van der Waals surface area contributed by atoms with Gasteiger partial charge in [0.1, 0.15) is 5.82 Å². The molecule has 0 heterocycles. The van der Waals surface area contributed by atoms with E-state index in [0.717, 1.165) is 62.6 Å². The number of guanidine groups is 1. The Morgan fingerprint density at radius 2 is 2.18 bits per heavy atom. The molecule has 1 aromatic rings. The standard InChI is InChI=1S/C21H35FN4OS/c1-4-23-21(25-18-10-7-12-20(16-18)28(27)5-2)24-13-8-14-26(3)19-11-6-9-17(22)15-19/h6,9,11,15,18,20H,4-5,7-8,10,12-14,16H2,1-3H3,(H2,23,24,25). The third kappa shape index (κ3) is 7.41. The minimum atomic E-state index is -0.717. The van der Waals surface area contributed by atoms with Gasteiger partial charge < -0.3 is 15.5 Å². The van der Waals surface area contributed by atoms with E-state index in [1.165, 1.54) is 6.07 Å². The first-order valence-corrected chi connectivity index (χ1v) is 11.8. The summed E-state index contributed by atoms with van der Waals surface area (Å²) >= 11 is 0. The maximum Gasteiger partial charge on any atom is 0.191 e. The molecular formula is C21H35FN4OS. The van der Waals surface area contributed by atoms with E-state index in [2.05, 4.69) is 17.6 Å². The van der Waals surface area contributed by atoms with Gasteiger partial charge in [-0.3, -0.25) is 9.20 Å². The fourth-order valence-electron chi connectivity index (χ4n) is 3.61. The lowest BCUT2D eigenvalue weighted by molar-refractivity contribution is 0.413. The minimum Gasteiger partial charge on any atom is -0.374 e. The van der Waals surface area contributed by atoms with E-state index in [9.17, 15) is 8.60 Å². The molecule has 7 heteroatoms. The predicted octanol–water partition coefficient (Wildman–Crippen LogP) is 3.29. The van der Waals surface area contributed by atoms with Crippen LogP contribution in [0.4, 0.5) is 10.1 Å². The van der Waals surface area contributed by atoms with Crippen molar-refractivity contribution in [1.82, 2.24) is 10.6 Å². The lowest BCUT2D eigenvalue weighted by Crippen LogP contribution is -2.46. The molecule has 28 heavy (non-hydrogen) atoms. The largest absolute Gasteiger partial charge is 0.374 e. The second-order valence-corrected chi connectivity index (χ2v) is 9.32. The van der Waals surface area contributed by atoms with Gasteiger partial charge in [0.25, 0.3) is 0 Å². The van der Waals surface area contributed by atoms with Gasteiger partial charge in [-0.2, -0.15) is 0 Å². The third-order valence-corrected chi connectivity index (χ3v) is 6.88. The summed E-state index contributed by atoms with van der Waals surface area (Å²) in [6, 6.07) is 6.99. The minimum absolute atomic E-state index is 0.212. The molecule has 0 amide bonds. The first-order valence-electron chi connectivity index (χ1n) is 10.4. The van der Waals surface area contributed by atoms with Crippen molar-refractivity contribution in [3.63, 3.8) is 0 Å². The topological polar surface area (TPSA) is 56.7 Å². The average molecular weight is 411 g/mol. The number of anilines is 1. The van der Waals surface area contributed by atoms with Crippen LogP contribution in [0, 0.1) is 5.82 Å². The van der Waals surface area contributed by atoms with Crippen molar-refractivity contribution in [2.24, 2.45) is 4.99 Å². The quantitative estimate of drug-likeness (QED) is 0.373. The molecule has 2 N–H and O–H groups in total. The highest BCUT2D eigenvalue weighted by atomic mass is 32.2. The predicted molar refractivity (Wildman–Crippen MR) is 118 cm³/mol. The lowest BCUT2D eigenvalue weighted by Gasteiger charge is -2.30. The summed E-state index contributed by atoms with van der Waals surface area (Å²) in [5.74, 6) is 1.37. The Balaban J connectivity index is 1.82. The Labute approximate surface area is 171 Å². The summed E-state index contributed by atoms with van der Waals surface area (Å²) in [4.78, 5) is 6.74. The number of aliphatic imine (C=N–C) groups is 1. The molecule has 0 radical (unpaired) electrons. The molecule has 158 valence electrons. The van der Waals surface area contributed by atoms with Crippen LogP contribution in [0.15, 0.2) is 29.3 Å². The van der Waals surface area contributed by atoms with Crippen molar-refractivity contribution in [3.8, 4) is 0 Å². The number of hydrogen-bond donors (Lipinski definition) is 2. The number of rotatable bonds is 9. The highest BCUT2D eigenvalue weighted by Gasteiger charge is 2.25. The summed E-state index contributed by atoms with van der Waals surface area (Å²) in [5, 5.41) is 7.15. The van der Waals surface area contributed by atoms with Crippen molar-refractivity contribution in [3.05, 3.63) is 30.1 Å². The monoisotopic (exact) mass is 410 g/mol. The molecule has 5 nitrogen and oxygen atoms in total. The summed E-state index contributed by atoms with van der Waals surface area (Å²) in [6.45, 7) is 6.38. The van der Waals surface area contributed by atoms with Gasteiger partial charge in [0, 0.05) is 60.2 Å². The second kappa shape index (κ2) is 12.0. The van der Waals surface area contributed by atoms with Gasteiger partial charge in [-0.05, 0) is 50.8 Å². The Hall–Kier alpha value is -1.63. The van der Waals surface area contributed by atoms with Gasteiger partial charge in [-0.25, -0.2) is 4.39 Å². The molecule has 0 spiro atoms. The normalized spacial score (nSPS) is 21.2. The van der Waals surface area contributed by atoms with Crippen LogP contribution in [-0.2, 0) is 10.8 Å². The number of hydrogen-bond acceptors (Lipinski definition) is 3. The summed E-state index contributed by atoms with van der Waals surface area (Å²) in [5.41, 5.74) is 0.881. The maximum absolute atomic E-state index is 13.3. The molecule has 1 aromatic carbocycles. The molecule has 2 rings (SSSR count). The highest BCUT2D eigenvalue weighted by molar-refractivity contribution is 7.85. The smallest absolute Gasteiger partial charge is 0.191 e. The first kappa shape index (κ1) is 22.7. The van der Waals surface area contributed by atoms with Crippen LogP contribution in [-0.4, -0.2) is 53.9 Å². The first-order chi connectivity index (χ1) is 13.5. The van der Waals surface area contributed by atoms with Gasteiger partial charge in [0.2, 0.25) is 0 Å². The van der Waals surface area contributed by atoms with Crippen molar-refractivity contribution >= 4 is 22.4 Å². The van der Waals surface area contributed by atoms with Crippen molar-refractivity contribution in [2.45, 2.75) is 57.2 Å². The van der Waals surface area contributed by atoms with Crippen LogP contribution < -0.4 is 15.5 Å². The van der Waals surface area contributed by atoms with Crippen molar-refractivity contribution in [2.75, 3.05) is 37.3 Å². The SMILES string of the molecule is CCNC(=NCCCN(C)c1cccc(F)c1)NC1CCCC(S(=O)CC)C1. The van der Waals surface area contributed by atoms with E-state index < -0.39 is 10.8 Å². The van der Waals surface area contributed by atoms with E-state index in [0.29, 0.717) is 17.8 Å². The molecule has 0 aliphatic heterocycles. The fourth-order valence-corrected chi connectivity index (χ4v) is 4.95. The Morgan fingerprint density at radius 1 is 1.36 bits per heavy atom. The molecule has 3 atom stereocenters. The number of benzene rings is 1. The Kier molecular flexibility index (Phi) is 9.75. The number of nitrogens with zero attached hydrogens (tertiary/aromatic N) is 2.